The summed E-state index contributed by atoms with van der Waals surface area (Å²) in [6.45, 7) is 14.0. The van der Waals surface area contributed by atoms with Gasteiger partial charge < -0.3 is 44.2 Å². The third-order valence-corrected chi connectivity index (χ3v) is 7.79. The molecule has 3 N–H and O–H groups in total. The van der Waals surface area contributed by atoms with Gasteiger partial charge in [0.05, 0.1) is 52.9 Å². The zero-order valence-electron chi connectivity index (χ0n) is 34.4. The van der Waals surface area contributed by atoms with Crippen molar-refractivity contribution >= 4 is 29.7 Å². The number of carbonyl (C=O) groups is 5. The summed E-state index contributed by atoms with van der Waals surface area (Å²) in [5.74, 6) is -2.21. The van der Waals surface area contributed by atoms with Crippen LogP contribution in [0.1, 0.15) is 151 Å². The molecule has 0 aromatic rings. The van der Waals surface area contributed by atoms with Crippen LogP contribution in [0.5, 0.6) is 0 Å². The average molecular weight is 775 g/mol. The number of hydrogen-bond acceptors (Lipinski definition) is 11. The Labute approximate surface area is 324 Å². The highest BCUT2D eigenvalue weighted by atomic mass is 16.6. The third-order valence-electron chi connectivity index (χ3n) is 7.79. The number of aliphatic carboxylic acids is 1. The molecule has 0 radical (unpaired) electrons. The summed E-state index contributed by atoms with van der Waals surface area (Å²) < 4.78 is 32.4. The molecule has 14 heteroatoms. The summed E-state index contributed by atoms with van der Waals surface area (Å²) in [7, 11) is 0. The van der Waals surface area contributed by atoms with Crippen LogP contribution in [-0.4, -0.2) is 111 Å². The van der Waals surface area contributed by atoms with E-state index in [-0.39, 0.29) is 44.4 Å². The monoisotopic (exact) mass is 775 g/mol. The Morgan fingerprint density at radius 1 is 0.500 bits per heavy atom. The largest absolute Gasteiger partial charge is 0.481 e. The third kappa shape index (κ3) is 37.5. The van der Waals surface area contributed by atoms with Crippen molar-refractivity contribution in [3.63, 3.8) is 0 Å². The molecular formula is C40H74N2O12. The molecule has 0 spiro atoms. The highest BCUT2D eigenvalue weighted by Crippen LogP contribution is 2.15. The van der Waals surface area contributed by atoms with Crippen molar-refractivity contribution in [3.8, 4) is 0 Å². The first-order chi connectivity index (χ1) is 25.6. The SMILES string of the molecule is CC(C)(C)OC(=O)CCCCCCCCCCCCCCC(=O)NCCOCCOCCOCCOCCC(=O)NC(CCC(=O)O)C(=O)OC(C)(C)C. The van der Waals surface area contributed by atoms with Crippen molar-refractivity contribution in [2.24, 2.45) is 0 Å². The number of esters is 2. The fourth-order valence-corrected chi connectivity index (χ4v) is 5.15. The predicted octanol–water partition coefficient (Wildman–Crippen LogP) is 6.05. The molecule has 0 aliphatic rings. The summed E-state index contributed by atoms with van der Waals surface area (Å²) in [5.41, 5.74) is -1.16. The molecule has 0 aromatic heterocycles. The van der Waals surface area contributed by atoms with Crippen molar-refractivity contribution in [2.75, 3.05) is 59.4 Å². The molecule has 316 valence electrons. The summed E-state index contributed by atoms with van der Waals surface area (Å²) >= 11 is 0. The molecule has 0 saturated heterocycles. The minimum Gasteiger partial charge on any atom is -0.481 e. The van der Waals surface area contributed by atoms with E-state index in [4.69, 9.17) is 33.5 Å². The number of carbonyl (C=O) groups excluding carboxylic acids is 4. The van der Waals surface area contributed by atoms with Gasteiger partial charge in [-0.15, -0.1) is 0 Å². The maximum absolute atomic E-state index is 12.3. The first-order valence-corrected chi connectivity index (χ1v) is 20.1. The van der Waals surface area contributed by atoms with Crippen molar-refractivity contribution in [1.82, 2.24) is 10.6 Å². The molecule has 14 nitrogen and oxygen atoms in total. The highest BCUT2D eigenvalue weighted by Gasteiger charge is 2.27. The lowest BCUT2D eigenvalue weighted by Crippen LogP contribution is -2.44. The topological polar surface area (TPSA) is 185 Å². The highest BCUT2D eigenvalue weighted by molar-refractivity contribution is 5.85. The zero-order chi connectivity index (χ0) is 40.5. The standard InChI is InChI=1S/C40H74N2O12/c1-39(2,3)53-37(47)20-18-16-14-12-10-8-7-9-11-13-15-17-19-34(43)41-24-26-50-28-30-52-32-31-51-29-27-49-25-23-35(44)42-33(21-22-36(45)46)38(48)54-40(4,5)6/h33H,7-32H2,1-6H3,(H,41,43)(H,42,44)(H,45,46). The van der Waals surface area contributed by atoms with E-state index in [2.05, 4.69) is 10.6 Å². The Balaban J connectivity index is 3.51. The maximum atomic E-state index is 12.3. The molecule has 0 aliphatic heterocycles. The normalized spacial score (nSPS) is 12.3. The molecule has 0 rings (SSSR count). The number of hydrogen-bond donors (Lipinski definition) is 3. The molecule has 0 bridgehead atoms. The Hall–Kier alpha value is -2.81. The number of carboxylic acid groups (broad SMARTS) is 1. The van der Waals surface area contributed by atoms with E-state index in [1.807, 2.05) is 20.8 Å². The number of ether oxygens (including phenoxy) is 6. The van der Waals surface area contributed by atoms with Crippen molar-refractivity contribution < 1.29 is 57.5 Å². The fourth-order valence-electron chi connectivity index (χ4n) is 5.15. The Morgan fingerprint density at radius 2 is 0.926 bits per heavy atom. The van der Waals surface area contributed by atoms with Gasteiger partial charge in [0.15, 0.2) is 0 Å². The molecule has 2 amide bonds. The summed E-state index contributed by atoms with van der Waals surface area (Å²) in [6.07, 6.45) is 14.6. The lowest BCUT2D eigenvalue weighted by molar-refractivity contribution is -0.159. The van der Waals surface area contributed by atoms with Gasteiger partial charge >= 0.3 is 17.9 Å². The van der Waals surface area contributed by atoms with E-state index in [0.29, 0.717) is 59.0 Å². The first kappa shape index (κ1) is 51.2. The van der Waals surface area contributed by atoms with E-state index in [0.717, 1.165) is 25.7 Å². The zero-order valence-corrected chi connectivity index (χ0v) is 34.4. The van der Waals surface area contributed by atoms with Crippen LogP contribution in [0.2, 0.25) is 0 Å². The van der Waals surface area contributed by atoms with Crippen LogP contribution in [0.15, 0.2) is 0 Å². The van der Waals surface area contributed by atoms with E-state index >= 15 is 0 Å². The van der Waals surface area contributed by atoms with Crippen LogP contribution in [0.25, 0.3) is 0 Å². The number of unbranched alkanes of at least 4 members (excludes halogenated alkanes) is 11. The minimum absolute atomic E-state index is 0.00449. The van der Waals surface area contributed by atoms with Gasteiger partial charge in [-0.25, -0.2) is 4.79 Å². The lowest BCUT2D eigenvalue weighted by atomic mass is 10.0. The summed E-state index contributed by atoms with van der Waals surface area (Å²) in [6, 6.07) is -1.04. The summed E-state index contributed by atoms with van der Waals surface area (Å²) in [5, 5.41) is 14.4. The molecule has 0 fully saturated rings. The maximum Gasteiger partial charge on any atom is 0.329 e. The second-order valence-corrected chi connectivity index (χ2v) is 15.5. The van der Waals surface area contributed by atoms with Crippen molar-refractivity contribution in [3.05, 3.63) is 0 Å². The van der Waals surface area contributed by atoms with Gasteiger partial charge in [-0.1, -0.05) is 64.2 Å². The smallest absolute Gasteiger partial charge is 0.329 e. The van der Waals surface area contributed by atoms with Crippen molar-refractivity contribution in [1.29, 1.82) is 0 Å². The Morgan fingerprint density at radius 3 is 1.39 bits per heavy atom. The minimum atomic E-state index is -1.07. The number of amides is 2. The van der Waals surface area contributed by atoms with Crippen LogP contribution in [-0.2, 0) is 52.4 Å². The van der Waals surface area contributed by atoms with Crippen LogP contribution in [0, 0.1) is 0 Å². The molecule has 0 heterocycles. The Bertz CT molecular complexity index is 1010. The molecule has 54 heavy (non-hydrogen) atoms. The van der Waals surface area contributed by atoms with E-state index < -0.39 is 35.1 Å². The fraction of sp³-hybridized carbons (Fsp3) is 0.875. The predicted molar refractivity (Wildman–Crippen MR) is 206 cm³/mol. The van der Waals surface area contributed by atoms with Gasteiger partial charge in [-0.2, -0.15) is 0 Å². The van der Waals surface area contributed by atoms with Crippen LogP contribution < -0.4 is 10.6 Å². The molecule has 1 atom stereocenters. The van der Waals surface area contributed by atoms with Crippen molar-refractivity contribution in [2.45, 2.75) is 168 Å². The second-order valence-electron chi connectivity index (χ2n) is 15.5. The molecule has 1 unspecified atom stereocenters. The molecule has 0 aliphatic carbocycles. The van der Waals surface area contributed by atoms with Crippen LogP contribution >= 0.6 is 0 Å². The van der Waals surface area contributed by atoms with Crippen LogP contribution in [0.4, 0.5) is 0 Å². The number of carboxylic acids is 1. The number of rotatable bonds is 35. The van der Waals surface area contributed by atoms with Crippen LogP contribution in [0.3, 0.4) is 0 Å². The first-order valence-electron chi connectivity index (χ1n) is 20.1. The summed E-state index contributed by atoms with van der Waals surface area (Å²) in [4.78, 5) is 59.2. The van der Waals surface area contributed by atoms with Gasteiger partial charge in [0.1, 0.15) is 17.2 Å². The average Bonchev–Trinajstić information content (AvgIpc) is 3.06. The quantitative estimate of drug-likeness (QED) is 0.0501. The van der Waals surface area contributed by atoms with E-state index in [9.17, 15) is 24.0 Å². The molecular weight excluding hydrogens is 700 g/mol. The van der Waals surface area contributed by atoms with E-state index in [1.165, 1.54) is 51.4 Å². The Kier molecular flexibility index (Phi) is 30.7. The van der Waals surface area contributed by atoms with Gasteiger partial charge in [-0.05, 0) is 60.8 Å². The van der Waals surface area contributed by atoms with Gasteiger partial charge in [0, 0.05) is 32.2 Å². The van der Waals surface area contributed by atoms with Gasteiger partial charge in [-0.3, -0.25) is 19.2 Å². The van der Waals surface area contributed by atoms with Gasteiger partial charge in [0.2, 0.25) is 11.8 Å². The molecule has 0 aromatic carbocycles. The second kappa shape index (κ2) is 32.4. The molecule has 0 saturated carbocycles. The number of nitrogens with one attached hydrogen (secondary N) is 2. The van der Waals surface area contributed by atoms with Gasteiger partial charge in [0.25, 0.3) is 0 Å². The van der Waals surface area contributed by atoms with E-state index in [1.54, 1.807) is 20.8 Å². The lowest BCUT2D eigenvalue weighted by Gasteiger charge is -2.24.